The normalized spacial score (nSPS) is 18.2. The first-order chi connectivity index (χ1) is 9.14. The van der Waals surface area contributed by atoms with Crippen molar-refractivity contribution in [3.8, 4) is 0 Å². The Labute approximate surface area is 118 Å². The Morgan fingerprint density at radius 3 is 2.89 bits per heavy atom. The van der Waals surface area contributed by atoms with Gasteiger partial charge in [-0.15, -0.1) is 0 Å². The van der Waals surface area contributed by atoms with Crippen molar-refractivity contribution >= 4 is 21.8 Å². The molecule has 1 saturated heterocycles. The quantitative estimate of drug-likeness (QED) is 0.896. The van der Waals surface area contributed by atoms with Crippen LogP contribution in [0.3, 0.4) is 0 Å². The van der Waals surface area contributed by atoms with Gasteiger partial charge < -0.3 is 5.32 Å². The van der Waals surface area contributed by atoms with Gasteiger partial charge in [-0.25, -0.2) is 13.4 Å². The van der Waals surface area contributed by atoms with Crippen LogP contribution >= 0.6 is 11.8 Å². The van der Waals surface area contributed by atoms with Crippen LogP contribution in [0.2, 0.25) is 0 Å². The summed E-state index contributed by atoms with van der Waals surface area (Å²) >= 11 is 1.81. The Kier molecular flexibility index (Phi) is 5.20. The molecule has 7 heteroatoms. The maximum absolute atomic E-state index is 12.4. The third-order valence-corrected chi connectivity index (χ3v) is 5.83. The van der Waals surface area contributed by atoms with Crippen molar-refractivity contribution in [2.24, 2.45) is 0 Å². The third-order valence-electron chi connectivity index (χ3n) is 2.96. The summed E-state index contributed by atoms with van der Waals surface area (Å²) in [5.74, 6) is 1.89. The molecule has 0 unspecified atom stereocenters. The molecule has 1 aliphatic rings. The number of hydrogen-bond donors (Lipinski definition) is 1. The summed E-state index contributed by atoms with van der Waals surface area (Å²) in [5, 5.41) is 3.16. The maximum atomic E-state index is 12.4. The van der Waals surface area contributed by atoms with Crippen molar-refractivity contribution < 1.29 is 8.42 Å². The predicted octanol–water partition coefficient (Wildman–Crippen LogP) is 0.929. The van der Waals surface area contributed by atoms with Gasteiger partial charge in [-0.1, -0.05) is 6.07 Å². The fourth-order valence-corrected chi connectivity index (χ4v) is 4.36. The standard InChI is InChI=1S/C12H19N3O2S2/c1-13-9-11-3-4-12(14-10-11)19(16,17)15-5-2-7-18-8-6-15/h3-4,10,13H,2,5-9H2,1H3. The fourth-order valence-electron chi connectivity index (χ4n) is 1.97. The van der Waals surface area contributed by atoms with Crippen molar-refractivity contribution in [2.75, 3.05) is 31.6 Å². The number of hydrogen-bond acceptors (Lipinski definition) is 5. The van der Waals surface area contributed by atoms with E-state index in [1.54, 1.807) is 28.3 Å². The smallest absolute Gasteiger partial charge is 0.260 e. The Hall–Kier alpha value is -0.630. The molecule has 5 nitrogen and oxygen atoms in total. The van der Waals surface area contributed by atoms with Crippen molar-refractivity contribution in [3.05, 3.63) is 23.9 Å². The second-order valence-corrected chi connectivity index (χ2v) is 7.51. The Balaban J connectivity index is 2.18. The first-order valence-corrected chi connectivity index (χ1v) is 8.91. The summed E-state index contributed by atoms with van der Waals surface area (Å²) in [4.78, 5) is 4.10. The van der Waals surface area contributed by atoms with E-state index in [0.29, 0.717) is 19.6 Å². The van der Waals surface area contributed by atoms with Gasteiger partial charge in [-0.05, 0) is 30.9 Å². The summed E-state index contributed by atoms with van der Waals surface area (Å²) < 4.78 is 26.4. The highest BCUT2D eigenvalue weighted by molar-refractivity contribution is 7.99. The van der Waals surface area contributed by atoms with Crippen LogP contribution in [0.4, 0.5) is 0 Å². The number of pyridine rings is 1. The highest BCUT2D eigenvalue weighted by atomic mass is 32.2. The maximum Gasteiger partial charge on any atom is 0.260 e. The van der Waals surface area contributed by atoms with Gasteiger partial charge in [0.05, 0.1) is 0 Å². The molecular weight excluding hydrogens is 282 g/mol. The zero-order valence-corrected chi connectivity index (χ0v) is 12.6. The van der Waals surface area contributed by atoms with Crippen LogP contribution in [-0.2, 0) is 16.6 Å². The number of nitrogens with zero attached hydrogens (tertiary/aromatic N) is 2. The van der Waals surface area contributed by atoms with Crippen LogP contribution in [0, 0.1) is 0 Å². The molecule has 1 fully saturated rings. The number of sulfonamides is 1. The van der Waals surface area contributed by atoms with Crippen LogP contribution in [-0.4, -0.2) is 49.3 Å². The second kappa shape index (κ2) is 6.69. The van der Waals surface area contributed by atoms with E-state index in [0.717, 1.165) is 23.5 Å². The minimum atomic E-state index is -3.43. The minimum absolute atomic E-state index is 0.152. The van der Waals surface area contributed by atoms with E-state index in [1.165, 1.54) is 0 Å². The molecular formula is C12H19N3O2S2. The summed E-state index contributed by atoms with van der Waals surface area (Å²) in [6.45, 7) is 1.86. The van der Waals surface area contributed by atoms with E-state index in [-0.39, 0.29) is 5.03 Å². The molecule has 1 N–H and O–H groups in total. The van der Waals surface area contributed by atoms with Crippen LogP contribution in [0.25, 0.3) is 0 Å². The van der Waals surface area contributed by atoms with Gasteiger partial charge in [-0.2, -0.15) is 16.1 Å². The highest BCUT2D eigenvalue weighted by Crippen LogP contribution is 2.18. The van der Waals surface area contributed by atoms with Crippen LogP contribution < -0.4 is 5.32 Å². The summed E-state index contributed by atoms with van der Waals surface area (Å²) in [6.07, 6.45) is 2.53. The molecule has 19 heavy (non-hydrogen) atoms. The molecule has 0 aromatic carbocycles. The van der Waals surface area contributed by atoms with Crippen molar-refractivity contribution in [1.29, 1.82) is 0 Å². The minimum Gasteiger partial charge on any atom is -0.316 e. The molecule has 0 saturated carbocycles. The SMILES string of the molecule is CNCc1ccc(S(=O)(=O)N2CCCSCC2)nc1. The molecule has 1 aromatic heterocycles. The topological polar surface area (TPSA) is 62.3 Å². The van der Waals surface area contributed by atoms with Gasteiger partial charge in [0.15, 0.2) is 5.03 Å². The van der Waals surface area contributed by atoms with Crippen LogP contribution in [0.5, 0.6) is 0 Å². The largest absolute Gasteiger partial charge is 0.316 e. The molecule has 0 radical (unpaired) electrons. The number of aromatic nitrogens is 1. The first kappa shape index (κ1) is 14.8. The monoisotopic (exact) mass is 301 g/mol. The lowest BCUT2D eigenvalue weighted by Crippen LogP contribution is -2.33. The Morgan fingerprint density at radius 1 is 1.37 bits per heavy atom. The second-order valence-electron chi connectivity index (χ2n) is 4.41. The van der Waals surface area contributed by atoms with Gasteiger partial charge in [0.25, 0.3) is 10.0 Å². The predicted molar refractivity (Wildman–Crippen MR) is 77.7 cm³/mol. The van der Waals surface area contributed by atoms with Gasteiger partial charge >= 0.3 is 0 Å². The molecule has 1 aromatic rings. The lowest BCUT2D eigenvalue weighted by Gasteiger charge is -2.18. The summed E-state index contributed by atoms with van der Waals surface area (Å²) in [6, 6.07) is 3.41. The highest BCUT2D eigenvalue weighted by Gasteiger charge is 2.26. The molecule has 0 aliphatic carbocycles. The lowest BCUT2D eigenvalue weighted by molar-refractivity contribution is 0.432. The summed E-state index contributed by atoms with van der Waals surface area (Å²) in [7, 11) is -1.58. The van der Waals surface area contributed by atoms with Gasteiger partial charge in [0.1, 0.15) is 0 Å². The first-order valence-electron chi connectivity index (χ1n) is 6.32. The van der Waals surface area contributed by atoms with Gasteiger partial charge in [-0.3, -0.25) is 0 Å². The molecule has 0 amide bonds. The molecule has 2 heterocycles. The van der Waals surface area contributed by atoms with E-state index in [9.17, 15) is 8.42 Å². The Bertz CT molecular complexity index is 494. The third kappa shape index (κ3) is 3.68. The molecule has 106 valence electrons. The summed E-state index contributed by atoms with van der Waals surface area (Å²) in [5.41, 5.74) is 0.980. The molecule has 1 aliphatic heterocycles. The molecule has 0 spiro atoms. The molecule has 0 bridgehead atoms. The van der Waals surface area contributed by atoms with E-state index in [1.807, 2.05) is 13.1 Å². The number of rotatable bonds is 4. The zero-order valence-electron chi connectivity index (χ0n) is 11.0. The number of nitrogens with one attached hydrogen (secondary N) is 1. The fraction of sp³-hybridized carbons (Fsp3) is 0.583. The zero-order chi connectivity index (χ0) is 13.7. The van der Waals surface area contributed by atoms with Crippen molar-refractivity contribution in [1.82, 2.24) is 14.6 Å². The van der Waals surface area contributed by atoms with Crippen LogP contribution in [0.15, 0.2) is 23.4 Å². The molecule has 2 rings (SSSR count). The van der Waals surface area contributed by atoms with Crippen molar-refractivity contribution in [3.63, 3.8) is 0 Å². The van der Waals surface area contributed by atoms with Gasteiger partial charge in [0, 0.05) is 31.6 Å². The lowest BCUT2D eigenvalue weighted by atomic mass is 10.3. The van der Waals surface area contributed by atoms with E-state index in [2.05, 4.69) is 10.3 Å². The van der Waals surface area contributed by atoms with E-state index in [4.69, 9.17) is 0 Å². The Morgan fingerprint density at radius 2 is 2.21 bits per heavy atom. The van der Waals surface area contributed by atoms with Crippen molar-refractivity contribution in [2.45, 2.75) is 18.0 Å². The average molecular weight is 301 g/mol. The van der Waals surface area contributed by atoms with E-state index < -0.39 is 10.0 Å². The van der Waals surface area contributed by atoms with Crippen LogP contribution in [0.1, 0.15) is 12.0 Å². The molecule has 0 atom stereocenters. The van der Waals surface area contributed by atoms with Gasteiger partial charge in [0.2, 0.25) is 0 Å². The van der Waals surface area contributed by atoms with E-state index >= 15 is 0 Å². The number of thioether (sulfide) groups is 1. The average Bonchev–Trinajstić information content (AvgIpc) is 2.69.